The van der Waals surface area contributed by atoms with Gasteiger partial charge in [0.1, 0.15) is 0 Å². The summed E-state index contributed by atoms with van der Waals surface area (Å²) in [6, 6.07) is 0. The number of hydrogen-bond donors (Lipinski definition) is 1. The lowest BCUT2D eigenvalue weighted by Crippen LogP contribution is -2.36. The Hall–Kier alpha value is -0.540. The predicted molar refractivity (Wildman–Crippen MR) is 61.0 cm³/mol. The number of halogens is 1. The maximum absolute atomic E-state index is 10.5. The second kappa shape index (κ2) is 6.13. The van der Waals surface area contributed by atoms with E-state index < -0.39 is 5.97 Å². The molecule has 0 amide bonds. The third kappa shape index (κ3) is 5.19. The molecule has 0 saturated carbocycles. The van der Waals surface area contributed by atoms with Gasteiger partial charge in [0, 0.05) is 24.5 Å². The normalized spacial score (nSPS) is 22.6. The zero-order valence-corrected chi connectivity index (χ0v) is 9.67. The monoisotopic (exact) mass is 231 g/mol. The molecule has 1 aliphatic rings. The molecule has 1 rings (SSSR count). The second-order valence-electron chi connectivity index (χ2n) is 4.19. The molecule has 4 heteroatoms. The molecule has 1 aliphatic heterocycles. The van der Waals surface area contributed by atoms with Crippen LogP contribution in [0.1, 0.15) is 25.7 Å². The van der Waals surface area contributed by atoms with E-state index in [9.17, 15) is 4.79 Å². The Labute approximate surface area is 95.7 Å². The van der Waals surface area contributed by atoms with E-state index in [4.69, 9.17) is 16.7 Å². The van der Waals surface area contributed by atoms with Crippen molar-refractivity contribution in [2.45, 2.75) is 25.7 Å². The maximum Gasteiger partial charge on any atom is 0.303 e. The predicted octanol–water partition coefficient (Wildman–Crippen LogP) is 2.32. The SMILES string of the molecule is C=C(Cl)CN1CCCC(CCC(=O)O)C1. The molecule has 0 aliphatic carbocycles. The lowest BCUT2D eigenvalue weighted by atomic mass is 9.93. The van der Waals surface area contributed by atoms with Crippen LogP contribution in [0.4, 0.5) is 0 Å². The van der Waals surface area contributed by atoms with Crippen molar-refractivity contribution in [1.29, 1.82) is 0 Å². The van der Waals surface area contributed by atoms with Crippen LogP contribution in [0.5, 0.6) is 0 Å². The van der Waals surface area contributed by atoms with Gasteiger partial charge in [-0.05, 0) is 31.7 Å². The van der Waals surface area contributed by atoms with Crippen LogP contribution < -0.4 is 0 Å². The van der Waals surface area contributed by atoms with E-state index in [1.807, 2.05) is 0 Å². The molecular formula is C11H18ClNO2. The van der Waals surface area contributed by atoms with Gasteiger partial charge in [-0.25, -0.2) is 0 Å². The fourth-order valence-electron chi connectivity index (χ4n) is 2.10. The Kier molecular flexibility index (Phi) is 5.12. The highest BCUT2D eigenvalue weighted by molar-refractivity contribution is 6.29. The van der Waals surface area contributed by atoms with Gasteiger partial charge in [-0.3, -0.25) is 9.69 Å². The van der Waals surface area contributed by atoms with Crippen molar-refractivity contribution in [3.63, 3.8) is 0 Å². The fourth-order valence-corrected chi connectivity index (χ4v) is 2.27. The quantitative estimate of drug-likeness (QED) is 0.790. The molecule has 0 aromatic rings. The van der Waals surface area contributed by atoms with E-state index >= 15 is 0 Å². The van der Waals surface area contributed by atoms with Crippen LogP contribution in [-0.2, 0) is 4.79 Å². The smallest absolute Gasteiger partial charge is 0.303 e. The number of nitrogens with zero attached hydrogens (tertiary/aromatic N) is 1. The van der Waals surface area contributed by atoms with Crippen molar-refractivity contribution in [3.8, 4) is 0 Å². The zero-order chi connectivity index (χ0) is 11.3. The number of aliphatic carboxylic acids is 1. The minimum atomic E-state index is -0.700. The first-order valence-corrected chi connectivity index (χ1v) is 5.73. The molecule has 1 atom stereocenters. The Balaban J connectivity index is 2.28. The van der Waals surface area contributed by atoms with Gasteiger partial charge in [-0.2, -0.15) is 0 Å². The maximum atomic E-state index is 10.5. The van der Waals surface area contributed by atoms with Gasteiger partial charge < -0.3 is 5.11 Å². The van der Waals surface area contributed by atoms with Crippen molar-refractivity contribution < 1.29 is 9.90 Å². The summed E-state index contributed by atoms with van der Waals surface area (Å²) in [5.74, 6) is -0.195. The minimum absolute atomic E-state index is 0.278. The summed E-state index contributed by atoms with van der Waals surface area (Å²) in [7, 11) is 0. The Morgan fingerprint density at radius 2 is 2.33 bits per heavy atom. The van der Waals surface area contributed by atoms with E-state index in [0.29, 0.717) is 11.0 Å². The molecule has 0 aromatic carbocycles. The van der Waals surface area contributed by atoms with E-state index in [0.717, 1.165) is 38.9 Å². The first-order valence-electron chi connectivity index (χ1n) is 5.35. The number of carboxylic acid groups (broad SMARTS) is 1. The lowest BCUT2D eigenvalue weighted by Gasteiger charge is -2.32. The highest BCUT2D eigenvalue weighted by atomic mass is 35.5. The molecule has 0 radical (unpaired) electrons. The van der Waals surface area contributed by atoms with Gasteiger partial charge in [-0.15, -0.1) is 0 Å². The lowest BCUT2D eigenvalue weighted by molar-refractivity contribution is -0.137. The molecule has 15 heavy (non-hydrogen) atoms. The Morgan fingerprint density at radius 3 is 2.93 bits per heavy atom. The van der Waals surface area contributed by atoms with Gasteiger partial charge in [0.25, 0.3) is 0 Å². The van der Waals surface area contributed by atoms with Gasteiger partial charge in [0.2, 0.25) is 0 Å². The standard InChI is InChI=1S/C11H18ClNO2/c1-9(12)7-13-6-2-3-10(8-13)4-5-11(14)15/h10H,1-8H2,(H,14,15). The number of carboxylic acids is 1. The fraction of sp³-hybridized carbons (Fsp3) is 0.727. The van der Waals surface area contributed by atoms with Crippen LogP contribution in [0.15, 0.2) is 11.6 Å². The number of rotatable bonds is 5. The average Bonchev–Trinajstić information content (AvgIpc) is 2.14. The van der Waals surface area contributed by atoms with Crippen LogP contribution in [0.2, 0.25) is 0 Å². The third-order valence-electron chi connectivity index (χ3n) is 2.76. The third-order valence-corrected chi connectivity index (χ3v) is 2.88. The molecule has 1 N–H and O–H groups in total. The highest BCUT2D eigenvalue weighted by Crippen LogP contribution is 2.21. The number of piperidine rings is 1. The van der Waals surface area contributed by atoms with Crippen molar-refractivity contribution in [2.75, 3.05) is 19.6 Å². The number of likely N-dealkylation sites (tertiary alicyclic amines) is 1. The van der Waals surface area contributed by atoms with Crippen LogP contribution in [-0.4, -0.2) is 35.6 Å². The summed E-state index contributed by atoms with van der Waals surface area (Å²) >= 11 is 5.76. The van der Waals surface area contributed by atoms with Gasteiger partial charge >= 0.3 is 5.97 Å². The molecule has 0 aromatic heterocycles. The van der Waals surface area contributed by atoms with Crippen LogP contribution in [0.3, 0.4) is 0 Å². The first kappa shape index (κ1) is 12.5. The molecule has 0 spiro atoms. The van der Waals surface area contributed by atoms with Crippen LogP contribution >= 0.6 is 11.6 Å². The van der Waals surface area contributed by atoms with Crippen molar-refractivity contribution >= 4 is 17.6 Å². The molecule has 1 unspecified atom stereocenters. The van der Waals surface area contributed by atoms with E-state index in [-0.39, 0.29) is 6.42 Å². The number of hydrogen-bond acceptors (Lipinski definition) is 2. The van der Waals surface area contributed by atoms with E-state index in [1.54, 1.807) is 0 Å². The first-order chi connectivity index (χ1) is 7.08. The van der Waals surface area contributed by atoms with Gasteiger partial charge in [0.05, 0.1) is 0 Å². The summed E-state index contributed by atoms with van der Waals surface area (Å²) in [6.07, 6.45) is 3.33. The second-order valence-corrected chi connectivity index (χ2v) is 4.73. The summed E-state index contributed by atoms with van der Waals surface area (Å²) in [5.41, 5.74) is 0. The zero-order valence-electron chi connectivity index (χ0n) is 8.91. The van der Waals surface area contributed by atoms with E-state index in [1.165, 1.54) is 0 Å². The molecule has 86 valence electrons. The Bertz CT molecular complexity index is 243. The van der Waals surface area contributed by atoms with Crippen molar-refractivity contribution in [3.05, 3.63) is 11.6 Å². The molecule has 1 saturated heterocycles. The van der Waals surface area contributed by atoms with Crippen LogP contribution in [0, 0.1) is 5.92 Å². The number of carbonyl (C=O) groups is 1. The molecule has 0 bridgehead atoms. The van der Waals surface area contributed by atoms with Crippen LogP contribution in [0.25, 0.3) is 0 Å². The summed E-state index contributed by atoms with van der Waals surface area (Å²) < 4.78 is 0. The molecule has 3 nitrogen and oxygen atoms in total. The highest BCUT2D eigenvalue weighted by Gasteiger charge is 2.20. The molecular weight excluding hydrogens is 214 g/mol. The topological polar surface area (TPSA) is 40.5 Å². The van der Waals surface area contributed by atoms with Crippen molar-refractivity contribution in [1.82, 2.24) is 4.90 Å². The van der Waals surface area contributed by atoms with Crippen molar-refractivity contribution in [2.24, 2.45) is 5.92 Å². The molecule has 1 fully saturated rings. The largest absolute Gasteiger partial charge is 0.481 e. The summed E-state index contributed by atoms with van der Waals surface area (Å²) in [5, 5.41) is 9.27. The van der Waals surface area contributed by atoms with Gasteiger partial charge in [-0.1, -0.05) is 18.2 Å². The summed E-state index contributed by atoms with van der Waals surface area (Å²) in [6.45, 7) is 6.41. The Morgan fingerprint density at radius 1 is 1.60 bits per heavy atom. The van der Waals surface area contributed by atoms with E-state index in [2.05, 4.69) is 11.5 Å². The van der Waals surface area contributed by atoms with Gasteiger partial charge in [0.15, 0.2) is 0 Å². The average molecular weight is 232 g/mol. The minimum Gasteiger partial charge on any atom is -0.481 e. The summed E-state index contributed by atoms with van der Waals surface area (Å²) in [4.78, 5) is 12.7. The molecule has 1 heterocycles.